The standard InChI is InChI=1S/C18H19NO/c1-4-11-20-18-8-6-5-7-16(18)13-19-17-12-14(2)9-10-15(17)3/h4-10,12-13H,1,11H2,2-3H3. The molecule has 0 amide bonds. The number of hydrogen-bond acceptors (Lipinski definition) is 2. The third-order valence-electron chi connectivity index (χ3n) is 2.98. The monoisotopic (exact) mass is 265 g/mol. The van der Waals surface area contributed by atoms with Gasteiger partial charge >= 0.3 is 0 Å². The zero-order chi connectivity index (χ0) is 14.4. The van der Waals surface area contributed by atoms with E-state index < -0.39 is 0 Å². The summed E-state index contributed by atoms with van der Waals surface area (Å²) in [7, 11) is 0. The molecule has 0 atom stereocenters. The Balaban J connectivity index is 2.26. The van der Waals surface area contributed by atoms with Crippen molar-refractivity contribution < 1.29 is 4.74 Å². The van der Waals surface area contributed by atoms with Crippen molar-refractivity contribution in [3.05, 3.63) is 71.8 Å². The number of para-hydroxylation sites is 1. The molecule has 2 heteroatoms. The van der Waals surface area contributed by atoms with Gasteiger partial charge in [0.1, 0.15) is 12.4 Å². The first-order valence-corrected chi connectivity index (χ1v) is 6.65. The highest BCUT2D eigenvalue weighted by Gasteiger charge is 2.00. The van der Waals surface area contributed by atoms with Crippen LogP contribution in [0.3, 0.4) is 0 Å². The molecule has 0 N–H and O–H groups in total. The van der Waals surface area contributed by atoms with E-state index in [1.807, 2.05) is 30.5 Å². The second-order valence-corrected chi connectivity index (χ2v) is 4.69. The van der Waals surface area contributed by atoms with Crippen molar-refractivity contribution in [2.24, 2.45) is 4.99 Å². The Labute approximate surface area is 120 Å². The van der Waals surface area contributed by atoms with Crippen molar-refractivity contribution in [1.82, 2.24) is 0 Å². The Kier molecular flexibility index (Phi) is 4.72. The van der Waals surface area contributed by atoms with Crippen LogP contribution in [0.15, 0.2) is 60.1 Å². The van der Waals surface area contributed by atoms with Crippen LogP contribution < -0.4 is 4.74 Å². The van der Waals surface area contributed by atoms with Crippen molar-refractivity contribution in [3.8, 4) is 5.75 Å². The Bertz CT molecular complexity index is 629. The fraction of sp³-hybridized carbons (Fsp3) is 0.167. The molecule has 0 saturated heterocycles. The minimum Gasteiger partial charge on any atom is -0.489 e. The van der Waals surface area contributed by atoms with Gasteiger partial charge in [-0.1, -0.05) is 36.9 Å². The normalized spacial score (nSPS) is 10.7. The molecule has 102 valence electrons. The Morgan fingerprint density at radius 1 is 1.15 bits per heavy atom. The van der Waals surface area contributed by atoms with Crippen LogP contribution >= 0.6 is 0 Å². The van der Waals surface area contributed by atoms with E-state index in [4.69, 9.17) is 4.74 Å². The SMILES string of the molecule is C=CCOc1ccccc1C=Nc1cc(C)ccc1C. The maximum atomic E-state index is 5.62. The zero-order valence-electron chi connectivity index (χ0n) is 12.0. The lowest BCUT2D eigenvalue weighted by Crippen LogP contribution is -1.96. The van der Waals surface area contributed by atoms with Crippen molar-refractivity contribution in [1.29, 1.82) is 0 Å². The van der Waals surface area contributed by atoms with E-state index in [0.29, 0.717) is 6.61 Å². The van der Waals surface area contributed by atoms with E-state index in [9.17, 15) is 0 Å². The predicted molar refractivity (Wildman–Crippen MR) is 85.3 cm³/mol. The molecular weight excluding hydrogens is 246 g/mol. The third-order valence-corrected chi connectivity index (χ3v) is 2.98. The highest BCUT2D eigenvalue weighted by Crippen LogP contribution is 2.21. The predicted octanol–water partition coefficient (Wildman–Crippen LogP) is 4.62. The fourth-order valence-corrected chi connectivity index (χ4v) is 1.86. The Hall–Kier alpha value is -2.35. The number of benzene rings is 2. The van der Waals surface area contributed by atoms with Crippen LogP contribution in [0.4, 0.5) is 5.69 Å². The summed E-state index contributed by atoms with van der Waals surface area (Å²) in [6, 6.07) is 14.1. The molecule has 0 fully saturated rings. The molecule has 0 saturated carbocycles. The van der Waals surface area contributed by atoms with E-state index >= 15 is 0 Å². The lowest BCUT2D eigenvalue weighted by atomic mass is 10.1. The smallest absolute Gasteiger partial charge is 0.128 e. The molecule has 0 radical (unpaired) electrons. The summed E-state index contributed by atoms with van der Waals surface area (Å²) in [5.74, 6) is 0.821. The molecule has 0 aliphatic rings. The minimum absolute atomic E-state index is 0.494. The summed E-state index contributed by atoms with van der Waals surface area (Å²) in [4.78, 5) is 4.57. The molecule has 0 spiro atoms. The first kappa shape index (κ1) is 14.1. The molecule has 20 heavy (non-hydrogen) atoms. The van der Waals surface area contributed by atoms with Gasteiger partial charge in [0.2, 0.25) is 0 Å². The minimum atomic E-state index is 0.494. The van der Waals surface area contributed by atoms with Crippen molar-refractivity contribution in [2.45, 2.75) is 13.8 Å². The van der Waals surface area contributed by atoms with Gasteiger partial charge in [-0.2, -0.15) is 0 Å². The van der Waals surface area contributed by atoms with Gasteiger partial charge in [-0.3, -0.25) is 4.99 Å². The van der Waals surface area contributed by atoms with Gasteiger partial charge in [0, 0.05) is 11.8 Å². The summed E-state index contributed by atoms with van der Waals surface area (Å²) in [5, 5.41) is 0. The van der Waals surface area contributed by atoms with E-state index in [0.717, 1.165) is 22.6 Å². The maximum absolute atomic E-state index is 5.62. The summed E-state index contributed by atoms with van der Waals surface area (Å²) in [5.41, 5.74) is 4.33. The molecule has 0 bridgehead atoms. The molecule has 0 aliphatic heterocycles. The van der Waals surface area contributed by atoms with E-state index in [1.165, 1.54) is 5.56 Å². The van der Waals surface area contributed by atoms with Crippen LogP contribution in [0.1, 0.15) is 16.7 Å². The molecule has 0 unspecified atom stereocenters. The van der Waals surface area contributed by atoms with Gasteiger partial charge in [0.15, 0.2) is 0 Å². The van der Waals surface area contributed by atoms with Gasteiger partial charge in [-0.15, -0.1) is 0 Å². The summed E-state index contributed by atoms with van der Waals surface area (Å²) in [6.07, 6.45) is 3.58. The number of ether oxygens (including phenoxy) is 1. The molecule has 2 rings (SSSR count). The van der Waals surface area contributed by atoms with Gasteiger partial charge in [0.25, 0.3) is 0 Å². The number of hydrogen-bond donors (Lipinski definition) is 0. The zero-order valence-corrected chi connectivity index (χ0v) is 12.0. The molecule has 0 aliphatic carbocycles. The molecule has 0 heterocycles. The highest BCUT2D eigenvalue weighted by molar-refractivity contribution is 5.85. The van der Waals surface area contributed by atoms with Gasteiger partial charge < -0.3 is 4.74 Å². The van der Waals surface area contributed by atoms with Gasteiger partial charge in [0.05, 0.1) is 5.69 Å². The first-order valence-electron chi connectivity index (χ1n) is 6.65. The Morgan fingerprint density at radius 3 is 2.75 bits per heavy atom. The highest BCUT2D eigenvalue weighted by atomic mass is 16.5. The van der Waals surface area contributed by atoms with E-state index in [-0.39, 0.29) is 0 Å². The van der Waals surface area contributed by atoms with E-state index in [2.05, 4.69) is 43.6 Å². The van der Waals surface area contributed by atoms with Gasteiger partial charge in [-0.25, -0.2) is 0 Å². The summed E-state index contributed by atoms with van der Waals surface area (Å²) < 4.78 is 5.62. The second-order valence-electron chi connectivity index (χ2n) is 4.69. The number of rotatable bonds is 5. The first-order chi connectivity index (χ1) is 9.70. The molecule has 2 aromatic carbocycles. The largest absolute Gasteiger partial charge is 0.489 e. The average Bonchev–Trinajstić information content (AvgIpc) is 2.47. The lowest BCUT2D eigenvalue weighted by molar-refractivity contribution is 0.363. The number of nitrogens with zero attached hydrogens (tertiary/aromatic N) is 1. The van der Waals surface area contributed by atoms with Crippen molar-refractivity contribution >= 4 is 11.9 Å². The molecule has 2 aromatic rings. The van der Waals surface area contributed by atoms with E-state index in [1.54, 1.807) is 6.08 Å². The molecule has 0 aromatic heterocycles. The number of aryl methyl sites for hydroxylation is 2. The van der Waals surface area contributed by atoms with Crippen LogP contribution in [-0.2, 0) is 0 Å². The van der Waals surface area contributed by atoms with Crippen LogP contribution in [0.2, 0.25) is 0 Å². The quantitative estimate of drug-likeness (QED) is 0.571. The maximum Gasteiger partial charge on any atom is 0.128 e. The fourth-order valence-electron chi connectivity index (χ4n) is 1.86. The topological polar surface area (TPSA) is 21.6 Å². The molecule has 2 nitrogen and oxygen atoms in total. The van der Waals surface area contributed by atoms with Gasteiger partial charge in [-0.05, 0) is 43.2 Å². The summed E-state index contributed by atoms with van der Waals surface area (Å²) in [6.45, 7) is 8.29. The van der Waals surface area contributed by atoms with Crippen LogP contribution in [0.5, 0.6) is 5.75 Å². The van der Waals surface area contributed by atoms with Crippen molar-refractivity contribution in [3.63, 3.8) is 0 Å². The van der Waals surface area contributed by atoms with Crippen LogP contribution in [0, 0.1) is 13.8 Å². The average molecular weight is 265 g/mol. The number of aliphatic imine (C=N–C) groups is 1. The second kappa shape index (κ2) is 6.71. The van der Waals surface area contributed by atoms with Crippen molar-refractivity contribution in [2.75, 3.05) is 6.61 Å². The summed E-state index contributed by atoms with van der Waals surface area (Å²) >= 11 is 0. The van der Waals surface area contributed by atoms with Crippen LogP contribution in [0.25, 0.3) is 0 Å². The van der Waals surface area contributed by atoms with Crippen LogP contribution in [-0.4, -0.2) is 12.8 Å². The molecular formula is C18H19NO. The lowest BCUT2D eigenvalue weighted by Gasteiger charge is -2.06. The third kappa shape index (κ3) is 3.58. The Morgan fingerprint density at radius 2 is 1.95 bits per heavy atom.